The maximum Gasteiger partial charge on any atom is 0.251 e. The molecule has 2 aromatic rings. The van der Waals surface area contributed by atoms with Gasteiger partial charge in [0.1, 0.15) is 12.1 Å². The number of aliphatic hydroxyl groups is 2. The second-order valence-electron chi connectivity index (χ2n) is 14.1. The highest BCUT2D eigenvalue weighted by molar-refractivity contribution is 5.94. The molecule has 1 unspecified atom stereocenters. The first kappa shape index (κ1) is 32.6. The zero-order chi connectivity index (χ0) is 31.8. The molecular weight excluding hydrogens is 556 g/mol. The Kier molecular flexibility index (Phi) is 9.82. The lowest BCUT2D eigenvalue weighted by molar-refractivity contribution is -0.183. The molecule has 0 spiro atoms. The summed E-state index contributed by atoms with van der Waals surface area (Å²) < 4.78 is 0. The number of hydrogen-bond acceptors (Lipinski definition) is 7. The molecule has 44 heavy (non-hydrogen) atoms. The number of carbonyl (C=O) groups is 2. The van der Waals surface area contributed by atoms with E-state index >= 15 is 0 Å². The lowest BCUT2D eigenvalue weighted by Crippen LogP contribution is -2.62. The number of nitrogens with one attached hydrogen (secondary N) is 2. The van der Waals surface area contributed by atoms with E-state index in [0.29, 0.717) is 41.8 Å². The number of aliphatic hydroxyl groups excluding tert-OH is 2. The van der Waals surface area contributed by atoms with Crippen LogP contribution in [0.4, 0.5) is 0 Å². The van der Waals surface area contributed by atoms with Gasteiger partial charge in [0.15, 0.2) is 0 Å². The fraction of sp³-hybridized carbons (Fsp3) is 0.600. The lowest BCUT2D eigenvalue weighted by atomic mass is 9.45. The molecule has 3 aliphatic carbocycles. The average Bonchev–Trinajstić information content (AvgIpc) is 3.36. The van der Waals surface area contributed by atoms with Gasteiger partial charge in [-0.3, -0.25) is 14.4 Å². The SMILES string of the molecule is C[C@H](O)[C@@H]1[C@H](CO)ON(Cc2cccc(-c3ccc(C(=O)NCCN(C)C)cc3)c2)[C@@H]1C(=O)NC1C[C@@H]2C[C@H]([C@@H]1C)C2(C)C. The maximum absolute atomic E-state index is 13.9. The molecule has 2 amide bonds. The molecular formula is C35H50N4O5. The van der Waals surface area contributed by atoms with Crippen molar-refractivity contribution in [1.29, 1.82) is 0 Å². The van der Waals surface area contributed by atoms with Gasteiger partial charge in [-0.05, 0) is 91.9 Å². The summed E-state index contributed by atoms with van der Waals surface area (Å²) in [6, 6.07) is 14.9. The second kappa shape index (κ2) is 13.3. The molecule has 4 fully saturated rings. The molecule has 1 aliphatic heterocycles. The van der Waals surface area contributed by atoms with Gasteiger partial charge in [0.2, 0.25) is 5.91 Å². The van der Waals surface area contributed by atoms with E-state index in [1.54, 1.807) is 12.0 Å². The van der Waals surface area contributed by atoms with Gasteiger partial charge < -0.3 is 25.7 Å². The average molecular weight is 607 g/mol. The third-order valence-electron chi connectivity index (χ3n) is 10.7. The third kappa shape index (κ3) is 6.58. The smallest absolute Gasteiger partial charge is 0.251 e. The van der Waals surface area contributed by atoms with Crippen LogP contribution in [0.25, 0.3) is 11.1 Å². The van der Waals surface area contributed by atoms with E-state index in [1.165, 1.54) is 6.42 Å². The Balaban J connectivity index is 1.29. The second-order valence-corrected chi connectivity index (χ2v) is 14.1. The molecule has 9 heteroatoms. The highest BCUT2D eigenvalue weighted by Gasteiger charge is 2.57. The van der Waals surface area contributed by atoms with Crippen LogP contribution in [0.3, 0.4) is 0 Å². The first-order valence-corrected chi connectivity index (χ1v) is 16.1. The van der Waals surface area contributed by atoms with E-state index in [2.05, 4.69) is 31.4 Å². The molecule has 2 bridgehead atoms. The highest BCUT2D eigenvalue weighted by atomic mass is 16.7. The molecule has 3 saturated carbocycles. The predicted octanol–water partition coefficient (Wildman–Crippen LogP) is 3.31. The fourth-order valence-electron chi connectivity index (χ4n) is 7.82. The van der Waals surface area contributed by atoms with Crippen LogP contribution in [0, 0.1) is 29.1 Å². The Bertz CT molecular complexity index is 1310. The Morgan fingerprint density at radius 2 is 1.84 bits per heavy atom. The summed E-state index contributed by atoms with van der Waals surface area (Å²) in [5.74, 6) is 0.756. The van der Waals surface area contributed by atoms with Crippen molar-refractivity contribution in [3.05, 3.63) is 59.7 Å². The topological polar surface area (TPSA) is 114 Å². The number of nitrogens with zero attached hydrogens (tertiary/aromatic N) is 2. The van der Waals surface area contributed by atoms with Crippen molar-refractivity contribution in [2.45, 2.75) is 71.4 Å². The van der Waals surface area contributed by atoms with E-state index < -0.39 is 24.2 Å². The molecule has 0 radical (unpaired) electrons. The van der Waals surface area contributed by atoms with Gasteiger partial charge in [-0.2, -0.15) is 5.06 Å². The standard InChI is InChI=1S/C35H50N4O5/c1-21-28-17-27(35(28,3)4)18-29(21)37-34(43)32-31(22(2)41)30(20-40)44-39(32)19-23-8-7-9-26(16-23)24-10-12-25(13-11-24)33(42)36-14-15-38(5)6/h7-13,16,21-22,27-32,40-41H,14-15,17-20H2,1-6H3,(H,36,42)(H,37,43)/t21-,22-,27-,28+,29?,30-,31+,32-/m0/s1. The number of likely N-dealkylation sites (N-methyl/N-ethyl adjacent to an activating group) is 1. The quantitative estimate of drug-likeness (QED) is 0.310. The number of hydrogen-bond donors (Lipinski definition) is 4. The Morgan fingerprint density at radius 3 is 2.45 bits per heavy atom. The van der Waals surface area contributed by atoms with Crippen LogP contribution in [-0.2, 0) is 16.2 Å². The zero-order valence-electron chi connectivity index (χ0n) is 27.0. The van der Waals surface area contributed by atoms with Gasteiger partial charge >= 0.3 is 0 Å². The largest absolute Gasteiger partial charge is 0.394 e. The van der Waals surface area contributed by atoms with Crippen molar-refractivity contribution in [3.63, 3.8) is 0 Å². The Morgan fingerprint density at radius 1 is 1.11 bits per heavy atom. The first-order chi connectivity index (χ1) is 20.9. The van der Waals surface area contributed by atoms with Gasteiger partial charge in [0, 0.05) is 30.6 Å². The lowest BCUT2D eigenvalue weighted by Gasteiger charge is -2.62. The number of carbonyl (C=O) groups excluding carboxylic acids is 2. The molecule has 240 valence electrons. The van der Waals surface area contributed by atoms with E-state index in [0.717, 1.165) is 29.7 Å². The van der Waals surface area contributed by atoms with Crippen LogP contribution < -0.4 is 10.6 Å². The molecule has 9 nitrogen and oxygen atoms in total. The minimum Gasteiger partial charge on any atom is -0.394 e. The zero-order valence-corrected chi connectivity index (χ0v) is 27.0. The summed E-state index contributed by atoms with van der Waals surface area (Å²) in [7, 11) is 3.94. The van der Waals surface area contributed by atoms with Crippen molar-refractivity contribution >= 4 is 11.8 Å². The van der Waals surface area contributed by atoms with Crippen LogP contribution >= 0.6 is 0 Å². The Hall–Kier alpha value is -2.82. The summed E-state index contributed by atoms with van der Waals surface area (Å²) in [6.07, 6.45) is 0.673. The summed E-state index contributed by atoms with van der Waals surface area (Å²) in [4.78, 5) is 34.6. The highest BCUT2D eigenvalue weighted by Crippen LogP contribution is 2.61. The predicted molar refractivity (Wildman–Crippen MR) is 170 cm³/mol. The molecule has 6 rings (SSSR count). The van der Waals surface area contributed by atoms with Crippen molar-refractivity contribution in [3.8, 4) is 11.1 Å². The first-order valence-electron chi connectivity index (χ1n) is 16.1. The Labute approximate surface area is 261 Å². The van der Waals surface area contributed by atoms with Crippen LogP contribution in [0.15, 0.2) is 48.5 Å². The number of rotatable bonds is 11. The van der Waals surface area contributed by atoms with Crippen LogP contribution in [0.5, 0.6) is 0 Å². The number of hydroxylamine groups is 2. The summed E-state index contributed by atoms with van der Waals surface area (Å²) in [5, 5.41) is 28.8. The van der Waals surface area contributed by atoms with E-state index in [-0.39, 0.29) is 24.5 Å². The van der Waals surface area contributed by atoms with Crippen LogP contribution in [0.1, 0.15) is 56.5 Å². The molecule has 1 heterocycles. The summed E-state index contributed by atoms with van der Waals surface area (Å²) in [6.45, 7) is 9.97. The van der Waals surface area contributed by atoms with E-state index in [4.69, 9.17) is 4.84 Å². The molecule has 8 atom stereocenters. The van der Waals surface area contributed by atoms with Crippen molar-refractivity contribution in [2.24, 2.45) is 29.1 Å². The summed E-state index contributed by atoms with van der Waals surface area (Å²) in [5.41, 5.74) is 3.80. The number of amides is 2. The van der Waals surface area contributed by atoms with E-state index in [9.17, 15) is 19.8 Å². The molecule has 2 aromatic carbocycles. The molecule has 0 aromatic heterocycles. The van der Waals surface area contributed by atoms with Gasteiger partial charge in [-0.1, -0.05) is 51.1 Å². The summed E-state index contributed by atoms with van der Waals surface area (Å²) >= 11 is 0. The van der Waals surface area contributed by atoms with Crippen molar-refractivity contribution in [1.82, 2.24) is 20.6 Å². The fourth-order valence-corrected chi connectivity index (χ4v) is 7.82. The van der Waals surface area contributed by atoms with Gasteiger partial charge in [0.25, 0.3) is 5.91 Å². The number of fused-ring (bicyclic) bond motifs is 2. The minimum absolute atomic E-state index is 0.0883. The van der Waals surface area contributed by atoms with Crippen molar-refractivity contribution < 1.29 is 24.6 Å². The van der Waals surface area contributed by atoms with Crippen LogP contribution in [-0.4, -0.2) is 90.1 Å². The molecule has 4 aliphatic rings. The monoisotopic (exact) mass is 606 g/mol. The van der Waals surface area contributed by atoms with Gasteiger partial charge in [-0.15, -0.1) is 0 Å². The van der Waals surface area contributed by atoms with E-state index in [1.807, 2.05) is 67.5 Å². The van der Waals surface area contributed by atoms with Gasteiger partial charge in [0.05, 0.1) is 19.3 Å². The third-order valence-corrected chi connectivity index (χ3v) is 10.7. The normalized spacial score (nSPS) is 30.1. The minimum atomic E-state index is -0.839. The molecule has 1 saturated heterocycles. The molecule has 4 N–H and O–H groups in total. The van der Waals surface area contributed by atoms with Crippen LogP contribution in [0.2, 0.25) is 0 Å². The maximum atomic E-state index is 13.9. The van der Waals surface area contributed by atoms with Gasteiger partial charge in [-0.25, -0.2) is 0 Å². The number of benzene rings is 2. The van der Waals surface area contributed by atoms with Crippen molar-refractivity contribution in [2.75, 3.05) is 33.8 Å².